The van der Waals surface area contributed by atoms with Crippen LogP contribution in [0.15, 0.2) is 65.6 Å². The quantitative estimate of drug-likeness (QED) is 0.650. The molecule has 0 amide bonds. The van der Waals surface area contributed by atoms with Crippen molar-refractivity contribution in [1.29, 1.82) is 0 Å². The zero-order chi connectivity index (χ0) is 21.3. The van der Waals surface area contributed by atoms with E-state index in [-0.39, 0.29) is 4.90 Å². The van der Waals surface area contributed by atoms with Gasteiger partial charge in [0, 0.05) is 30.9 Å². The molecule has 1 aliphatic heterocycles. The lowest BCUT2D eigenvalue weighted by molar-refractivity contribution is 0.406. The fourth-order valence-corrected chi connectivity index (χ4v) is 5.14. The van der Waals surface area contributed by atoms with Gasteiger partial charge in [0.1, 0.15) is 5.75 Å². The van der Waals surface area contributed by atoms with Gasteiger partial charge in [0.15, 0.2) is 0 Å². The van der Waals surface area contributed by atoms with Crippen LogP contribution in [0.5, 0.6) is 5.75 Å². The van der Waals surface area contributed by atoms with Gasteiger partial charge in [-0.15, -0.1) is 0 Å². The molecule has 1 fully saturated rings. The third-order valence-corrected chi connectivity index (χ3v) is 6.74. The lowest BCUT2D eigenvalue weighted by Gasteiger charge is -2.38. The van der Waals surface area contributed by atoms with Gasteiger partial charge >= 0.3 is 0 Å². The van der Waals surface area contributed by atoms with Crippen LogP contribution in [0.2, 0.25) is 0 Å². The van der Waals surface area contributed by atoms with E-state index >= 15 is 0 Å². The van der Waals surface area contributed by atoms with Crippen LogP contribution in [0.25, 0.3) is 10.8 Å². The first-order valence-electron chi connectivity index (χ1n) is 10.1. The average Bonchev–Trinajstić information content (AvgIpc) is 2.72. The summed E-state index contributed by atoms with van der Waals surface area (Å²) in [6, 6.07) is 19.2. The summed E-state index contributed by atoms with van der Waals surface area (Å²) in [7, 11) is -2.23. The molecule has 0 aromatic heterocycles. The Morgan fingerprint density at radius 2 is 1.67 bits per heavy atom. The van der Waals surface area contributed by atoms with E-state index in [9.17, 15) is 8.42 Å². The Morgan fingerprint density at radius 3 is 2.37 bits per heavy atom. The molecule has 158 valence electrons. The largest absolute Gasteiger partial charge is 0.495 e. The van der Waals surface area contributed by atoms with Crippen LogP contribution in [0.1, 0.15) is 13.8 Å². The predicted molar refractivity (Wildman–Crippen MR) is 122 cm³/mol. The van der Waals surface area contributed by atoms with E-state index < -0.39 is 10.0 Å². The number of nitrogens with one attached hydrogen (secondary N) is 2. The Hall–Kier alpha value is -2.77. The molecule has 1 saturated heterocycles. The molecule has 2 atom stereocenters. The number of rotatable bonds is 5. The lowest BCUT2D eigenvalue weighted by Crippen LogP contribution is -2.54. The molecule has 3 aromatic carbocycles. The molecule has 0 bridgehead atoms. The summed E-state index contributed by atoms with van der Waals surface area (Å²) in [5.74, 6) is 0.486. The van der Waals surface area contributed by atoms with E-state index in [2.05, 4.69) is 28.8 Å². The zero-order valence-corrected chi connectivity index (χ0v) is 18.2. The molecule has 2 unspecified atom stereocenters. The molecule has 1 heterocycles. The standard InChI is InChI=1S/C23H27N3O3S/c1-16-14-26(15-17(2)24-16)20-9-11-23(29-3)22(13-20)25-30(27,28)21-10-8-18-6-4-5-7-19(18)12-21/h4-13,16-17,24-25H,14-15H2,1-3H3. The van der Waals surface area contributed by atoms with E-state index in [0.29, 0.717) is 23.5 Å². The van der Waals surface area contributed by atoms with Crippen molar-refractivity contribution in [3.63, 3.8) is 0 Å². The van der Waals surface area contributed by atoms with Crippen molar-refractivity contribution in [3.8, 4) is 5.75 Å². The molecule has 0 spiro atoms. The molecule has 6 nitrogen and oxygen atoms in total. The number of piperazine rings is 1. The van der Waals surface area contributed by atoms with Crippen LogP contribution in [-0.4, -0.2) is 40.7 Å². The predicted octanol–water partition coefficient (Wildman–Crippen LogP) is 3.84. The van der Waals surface area contributed by atoms with E-state index in [0.717, 1.165) is 29.5 Å². The average molecular weight is 426 g/mol. The first kappa shape index (κ1) is 20.5. The molecule has 0 aliphatic carbocycles. The number of benzene rings is 3. The SMILES string of the molecule is COc1ccc(N2CC(C)NC(C)C2)cc1NS(=O)(=O)c1ccc2ccccc2c1. The van der Waals surface area contributed by atoms with Gasteiger partial charge in [-0.05, 0) is 55.0 Å². The second-order valence-electron chi connectivity index (χ2n) is 7.87. The van der Waals surface area contributed by atoms with Crippen LogP contribution < -0.4 is 19.7 Å². The summed E-state index contributed by atoms with van der Waals surface area (Å²) in [4.78, 5) is 2.48. The van der Waals surface area contributed by atoms with Gasteiger partial charge in [-0.25, -0.2) is 8.42 Å². The van der Waals surface area contributed by atoms with Gasteiger partial charge in [-0.3, -0.25) is 4.72 Å². The minimum absolute atomic E-state index is 0.220. The van der Waals surface area contributed by atoms with Gasteiger partial charge < -0.3 is 15.0 Å². The number of anilines is 2. The molecule has 30 heavy (non-hydrogen) atoms. The molecule has 0 saturated carbocycles. The van der Waals surface area contributed by atoms with E-state index in [1.54, 1.807) is 12.1 Å². The maximum Gasteiger partial charge on any atom is 0.262 e. The van der Waals surface area contributed by atoms with Crippen LogP contribution >= 0.6 is 0 Å². The highest BCUT2D eigenvalue weighted by Gasteiger charge is 2.23. The number of nitrogens with zero attached hydrogens (tertiary/aromatic N) is 1. The Balaban J connectivity index is 1.66. The van der Waals surface area contributed by atoms with Gasteiger partial charge in [-0.2, -0.15) is 0 Å². The Morgan fingerprint density at radius 1 is 0.967 bits per heavy atom. The Kier molecular flexibility index (Phi) is 5.58. The van der Waals surface area contributed by atoms with Gasteiger partial charge in [0.05, 0.1) is 17.7 Å². The number of methoxy groups -OCH3 is 1. The summed E-state index contributed by atoms with van der Waals surface area (Å²) in [6.45, 7) is 6.01. The molecular weight excluding hydrogens is 398 g/mol. The second-order valence-corrected chi connectivity index (χ2v) is 9.56. The van der Waals surface area contributed by atoms with Gasteiger partial charge in [-0.1, -0.05) is 30.3 Å². The van der Waals surface area contributed by atoms with Crippen molar-refractivity contribution >= 4 is 32.2 Å². The van der Waals surface area contributed by atoms with Crippen molar-refractivity contribution < 1.29 is 13.2 Å². The minimum atomic E-state index is -3.77. The second kappa shape index (κ2) is 8.16. The molecule has 3 aromatic rings. The highest BCUT2D eigenvalue weighted by atomic mass is 32.2. The Bertz CT molecular complexity index is 1150. The van der Waals surface area contributed by atoms with E-state index in [4.69, 9.17) is 4.74 Å². The summed E-state index contributed by atoms with van der Waals surface area (Å²) in [6.07, 6.45) is 0. The van der Waals surface area contributed by atoms with Crippen molar-refractivity contribution in [2.75, 3.05) is 29.8 Å². The van der Waals surface area contributed by atoms with E-state index in [1.165, 1.54) is 7.11 Å². The van der Waals surface area contributed by atoms with E-state index in [1.807, 2.05) is 48.5 Å². The molecule has 2 N–H and O–H groups in total. The number of hydrogen-bond donors (Lipinski definition) is 2. The molecule has 7 heteroatoms. The first-order valence-corrected chi connectivity index (χ1v) is 11.5. The Labute approximate surface area is 177 Å². The first-order chi connectivity index (χ1) is 14.4. The van der Waals surface area contributed by atoms with Crippen molar-refractivity contribution in [3.05, 3.63) is 60.7 Å². The van der Waals surface area contributed by atoms with Crippen LogP contribution in [0.4, 0.5) is 11.4 Å². The molecular formula is C23H27N3O3S. The van der Waals surface area contributed by atoms with Crippen molar-refractivity contribution in [1.82, 2.24) is 5.32 Å². The number of sulfonamides is 1. The normalized spacial score (nSPS) is 19.6. The summed E-state index contributed by atoms with van der Waals surface area (Å²) < 4.78 is 34.4. The maximum absolute atomic E-state index is 13.1. The fourth-order valence-electron chi connectivity index (χ4n) is 4.05. The van der Waals surface area contributed by atoms with Crippen LogP contribution in [-0.2, 0) is 10.0 Å². The van der Waals surface area contributed by atoms with Crippen molar-refractivity contribution in [2.24, 2.45) is 0 Å². The number of ether oxygens (including phenoxy) is 1. The van der Waals surface area contributed by atoms with Gasteiger partial charge in [0.25, 0.3) is 10.0 Å². The third-order valence-electron chi connectivity index (χ3n) is 5.38. The topological polar surface area (TPSA) is 70.7 Å². The zero-order valence-electron chi connectivity index (χ0n) is 17.4. The highest BCUT2D eigenvalue weighted by molar-refractivity contribution is 7.92. The molecule has 4 rings (SSSR count). The number of fused-ring (bicyclic) bond motifs is 1. The third kappa shape index (κ3) is 4.22. The molecule has 0 radical (unpaired) electrons. The highest BCUT2D eigenvalue weighted by Crippen LogP contribution is 2.32. The minimum Gasteiger partial charge on any atom is -0.495 e. The van der Waals surface area contributed by atoms with Crippen molar-refractivity contribution in [2.45, 2.75) is 30.8 Å². The van der Waals surface area contributed by atoms with Crippen LogP contribution in [0, 0.1) is 0 Å². The summed E-state index contributed by atoms with van der Waals surface area (Å²) >= 11 is 0. The summed E-state index contributed by atoms with van der Waals surface area (Å²) in [5.41, 5.74) is 1.40. The molecule has 1 aliphatic rings. The smallest absolute Gasteiger partial charge is 0.262 e. The lowest BCUT2D eigenvalue weighted by atomic mass is 10.1. The monoisotopic (exact) mass is 425 g/mol. The van der Waals surface area contributed by atoms with Crippen LogP contribution in [0.3, 0.4) is 0 Å². The summed E-state index contributed by atoms with van der Waals surface area (Å²) in [5, 5.41) is 5.39. The van der Waals surface area contributed by atoms with Gasteiger partial charge in [0.2, 0.25) is 0 Å². The fraction of sp³-hybridized carbons (Fsp3) is 0.304. The maximum atomic E-state index is 13.1. The number of hydrogen-bond acceptors (Lipinski definition) is 5.